The van der Waals surface area contributed by atoms with E-state index >= 15 is 0 Å². The standard InChI is InChI=1S/C11H13BrFNO2/c1-6(4-10(15)16)11(14)8-5-7(12)2-3-9(8)13/h2-3,5-6,11H,4,14H2,1H3,(H,15,16). The highest BCUT2D eigenvalue weighted by Crippen LogP contribution is 2.26. The Labute approximate surface area is 102 Å². The Hall–Kier alpha value is -0.940. The van der Waals surface area contributed by atoms with E-state index in [-0.39, 0.29) is 12.3 Å². The van der Waals surface area contributed by atoms with Crippen LogP contribution in [-0.2, 0) is 4.79 Å². The van der Waals surface area contributed by atoms with Gasteiger partial charge in [-0.15, -0.1) is 0 Å². The quantitative estimate of drug-likeness (QED) is 0.896. The highest BCUT2D eigenvalue weighted by Gasteiger charge is 2.20. The Kier molecular flexibility index (Phi) is 4.44. The zero-order valence-electron chi connectivity index (χ0n) is 8.78. The van der Waals surface area contributed by atoms with Crippen LogP contribution in [0.15, 0.2) is 22.7 Å². The van der Waals surface area contributed by atoms with Gasteiger partial charge in [-0.2, -0.15) is 0 Å². The number of benzene rings is 1. The van der Waals surface area contributed by atoms with Gasteiger partial charge in [0.15, 0.2) is 0 Å². The monoisotopic (exact) mass is 289 g/mol. The number of hydrogen-bond donors (Lipinski definition) is 2. The van der Waals surface area contributed by atoms with E-state index in [1.165, 1.54) is 6.07 Å². The Morgan fingerprint density at radius 3 is 2.81 bits per heavy atom. The van der Waals surface area contributed by atoms with E-state index in [0.717, 1.165) is 4.47 Å². The van der Waals surface area contributed by atoms with Crippen LogP contribution in [0.2, 0.25) is 0 Å². The molecule has 0 aromatic heterocycles. The number of carbonyl (C=O) groups is 1. The largest absolute Gasteiger partial charge is 0.481 e. The van der Waals surface area contributed by atoms with Crippen molar-refractivity contribution in [2.45, 2.75) is 19.4 Å². The van der Waals surface area contributed by atoms with Crippen LogP contribution >= 0.6 is 15.9 Å². The van der Waals surface area contributed by atoms with Crippen LogP contribution < -0.4 is 5.73 Å². The maximum atomic E-state index is 13.5. The van der Waals surface area contributed by atoms with E-state index in [0.29, 0.717) is 5.56 Å². The van der Waals surface area contributed by atoms with Crippen molar-refractivity contribution in [3.63, 3.8) is 0 Å². The summed E-state index contributed by atoms with van der Waals surface area (Å²) in [6.07, 6.45) is -0.0763. The summed E-state index contributed by atoms with van der Waals surface area (Å²) >= 11 is 3.23. The first-order valence-electron chi connectivity index (χ1n) is 4.84. The Morgan fingerprint density at radius 2 is 2.25 bits per heavy atom. The molecule has 2 atom stereocenters. The minimum atomic E-state index is -0.932. The molecule has 3 N–H and O–H groups in total. The Bertz CT molecular complexity index is 398. The van der Waals surface area contributed by atoms with E-state index in [1.54, 1.807) is 19.1 Å². The summed E-state index contributed by atoms with van der Waals surface area (Å²) in [4.78, 5) is 10.5. The van der Waals surface area contributed by atoms with Gasteiger partial charge in [-0.3, -0.25) is 4.79 Å². The van der Waals surface area contributed by atoms with Crippen LogP contribution in [-0.4, -0.2) is 11.1 Å². The van der Waals surface area contributed by atoms with Gasteiger partial charge in [0.1, 0.15) is 5.82 Å². The number of carboxylic acid groups (broad SMARTS) is 1. The average Bonchev–Trinajstić information content (AvgIpc) is 2.19. The minimum absolute atomic E-state index is 0.0763. The van der Waals surface area contributed by atoms with Crippen LogP contribution in [0.25, 0.3) is 0 Å². The lowest BCUT2D eigenvalue weighted by Gasteiger charge is -2.19. The molecule has 2 unspecified atom stereocenters. The van der Waals surface area contributed by atoms with E-state index in [1.807, 2.05) is 0 Å². The highest BCUT2D eigenvalue weighted by atomic mass is 79.9. The van der Waals surface area contributed by atoms with Crippen molar-refractivity contribution in [1.29, 1.82) is 0 Å². The third kappa shape index (κ3) is 3.28. The number of carboxylic acids is 1. The molecule has 0 bridgehead atoms. The summed E-state index contributed by atoms with van der Waals surface area (Å²) in [7, 11) is 0. The summed E-state index contributed by atoms with van der Waals surface area (Å²) < 4.78 is 14.2. The molecule has 0 aliphatic carbocycles. The molecular weight excluding hydrogens is 277 g/mol. The van der Waals surface area contributed by atoms with Crippen molar-refractivity contribution in [2.24, 2.45) is 11.7 Å². The molecule has 0 heterocycles. The lowest BCUT2D eigenvalue weighted by Crippen LogP contribution is -2.22. The van der Waals surface area contributed by atoms with Crippen molar-refractivity contribution in [3.8, 4) is 0 Å². The van der Waals surface area contributed by atoms with Crippen molar-refractivity contribution in [2.75, 3.05) is 0 Å². The SMILES string of the molecule is CC(CC(=O)O)C(N)c1cc(Br)ccc1F. The van der Waals surface area contributed by atoms with Gasteiger partial charge in [0.25, 0.3) is 0 Å². The van der Waals surface area contributed by atoms with Gasteiger partial charge >= 0.3 is 5.97 Å². The molecule has 0 fully saturated rings. The maximum Gasteiger partial charge on any atom is 0.303 e. The summed E-state index contributed by atoms with van der Waals surface area (Å²) in [6.45, 7) is 1.69. The molecule has 88 valence electrons. The normalized spacial score (nSPS) is 14.5. The van der Waals surface area contributed by atoms with Crippen molar-refractivity contribution < 1.29 is 14.3 Å². The first-order valence-corrected chi connectivity index (χ1v) is 5.63. The minimum Gasteiger partial charge on any atom is -0.481 e. The van der Waals surface area contributed by atoms with E-state index < -0.39 is 17.8 Å². The van der Waals surface area contributed by atoms with Gasteiger partial charge in [0.2, 0.25) is 0 Å². The van der Waals surface area contributed by atoms with E-state index in [2.05, 4.69) is 15.9 Å². The average molecular weight is 290 g/mol. The number of hydrogen-bond acceptors (Lipinski definition) is 2. The molecule has 16 heavy (non-hydrogen) atoms. The predicted octanol–water partition coefficient (Wildman–Crippen LogP) is 2.70. The van der Waals surface area contributed by atoms with Gasteiger partial charge in [0.05, 0.1) is 0 Å². The lowest BCUT2D eigenvalue weighted by atomic mass is 9.92. The number of halogens is 2. The van der Waals surface area contributed by atoms with Crippen LogP contribution in [0, 0.1) is 11.7 Å². The third-order valence-electron chi connectivity index (χ3n) is 2.43. The molecule has 3 nitrogen and oxygen atoms in total. The Morgan fingerprint density at radius 1 is 1.62 bits per heavy atom. The van der Waals surface area contributed by atoms with Crippen LogP contribution in [0.1, 0.15) is 24.9 Å². The molecule has 0 saturated heterocycles. The summed E-state index contributed by atoms with van der Waals surface area (Å²) in [5.74, 6) is -1.66. The second kappa shape index (κ2) is 5.41. The van der Waals surface area contributed by atoms with Crippen LogP contribution in [0.4, 0.5) is 4.39 Å². The summed E-state index contributed by atoms with van der Waals surface area (Å²) in [5, 5.41) is 8.65. The van der Waals surface area contributed by atoms with Crippen molar-refractivity contribution >= 4 is 21.9 Å². The van der Waals surface area contributed by atoms with Gasteiger partial charge < -0.3 is 10.8 Å². The lowest BCUT2D eigenvalue weighted by molar-refractivity contribution is -0.138. The van der Waals surface area contributed by atoms with Gasteiger partial charge in [-0.25, -0.2) is 4.39 Å². The predicted molar refractivity (Wildman–Crippen MR) is 62.4 cm³/mol. The molecule has 1 rings (SSSR count). The van der Waals surface area contributed by atoms with Gasteiger partial charge in [-0.05, 0) is 24.1 Å². The molecule has 0 amide bonds. The fourth-order valence-electron chi connectivity index (χ4n) is 1.48. The molecular formula is C11H13BrFNO2. The smallest absolute Gasteiger partial charge is 0.303 e. The number of nitrogens with two attached hydrogens (primary N) is 1. The van der Waals surface area contributed by atoms with Crippen molar-refractivity contribution in [1.82, 2.24) is 0 Å². The molecule has 1 aromatic rings. The van der Waals surface area contributed by atoms with Gasteiger partial charge in [-0.1, -0.05) is 22.9 Å². The third-order valence-corrected chi connectivity index (χ3v) is 2.92. The molecule has 0 saturated carbocycles. The number of aliphatic carboxylic acids is 1. The van der Waals surface area contributed by atoms with Crippen LogP contribution in [0.3, 0.4) is 0 Å². The van der Waals surface area contributed by atoms with Crippen LogP contribution in [0.5, 0.6) is 0 Å². The molecule has 0 aliphatic heterocycles. The molecule has 0 aliphatic rings. The molecule has 0 spiro atoms. The molecule has 5 heteroatoms. The fourth-order valence-corrected chi connectivity index (χ4v) is 1.86. The highest BCUT2D eigenvalue weighted by molar-refractivity contribution is 9.10. The van der Waals surface area contributed by atoms with Gasteiger partial charge in [0, 0.05) is 22.5 Å². The molecule has 1 aromatic carbocycles. The maximum absolute atomic E-state index is 13.5. The van der Waals surface area contributed by atoms with E-state index in [9.17, 15) is 9.18 Å². The zero-order valence-corrected chi connectivity index (χ0v) is 10.4. The fraction of sp³-hybridized carbons (Fsp3) is 0.364. The molecule has 0 radical (unpaired) electrons. The summed E-state index contributed by atoms with van der Waals surface area (Å²) in [5.41, 5.74) is 6.17. The topological polar surface area (TPSA) is 63.3 Å². The van der Waals surface area contributed by atoms with Crippen molar-refractivity contribution in [3.05, 3.63) is 34.1 Å². The first-order chi connectivity index (χ1) is 7.41. The number of rotatable bonds is 4. The zero-order chi connectivity index (χ0) is 12.3. The summed E-state index contributed by atoms with van der Waals surface area (Å²) in [6, 6.07) is 3.85. The van der Waals surface area contributed by atoms with E-state index in [4.69, 9.17) is 10.8 Å². The second-order valence-corrected chi connectivity index (χ2v) is 4.68. The first kappa shape index (κ1) is 13.1. The Balaban J connectivity index is 2.90. The second-order valence-electron chi connectivity index (χ2n) is 3.77.